The van der Waals surface area contributed by atoms with Gasteiger partial charge in [-0.2, -0.15) is 0 Å². The van der Waals surface area contributed by atoms with Crippen LogP contribution in [0.15, 0.2) is 0 Å². The standard InChI is InChI=1S/C9H18O6/c1-4(10)3-14-9-8(13)7(12)6(11)5(2)15-9/h4-13H,3H2,1-2H3/t4?,5-,6+,7+,8-,9+/m1/s1. The minimum atomic E-state index is -1.31. The van der Waals surface area contributed by atoms with E-state index in [1.165, 1.54) is 6.92 Å². The molecule has 0 spiro atoms. The third-order valence-corrected chi connectivity index (χ3v) is 2.31. The second-order valence-electron chi connectivity index (χ2n) is 3.86. The van der Waals surface area contributed by atoms with Crippen LogP contribution in [0.4, 0.5) is 0 Å². The summed E-state index contributed by atoms with van der Waals surface area (Å²) in [4.78, 5) is 0. The minimum Gasteiger partial charge on any atom is -0.391 e. The van der Waals surface area contributed by atoms with Crippen LogP contribution in [0.3, 0.4) is 0 Å². The van der Waals surface area contributed by atoms with E-state index in [1.54, 1.807) is 6.92 Å². The first-order valence-corrected chi connectivity index (χ1v) is 4.92. The van der Waals surface area contributed by atoms with Crippen molar-refractivity contribution < 1.29 is 29.9 Å². The molecule has 1 unspecified atom stereocenters. The Morgan fingerprint density at radius 2 is 1.80 bits per heavy atom. The van der Waals surface area contributed by atoms with Gasteiger partial charge >= 0.3 is 0 Å². The summed E-state index contributed by atoms with van der Waals surface area (Å²) in [6.07, 6.45) is -6.07. The summed E-state index contributed by atoms with van der Waals surface area (Å²) in [7, 11) is 0. The molecule has 0 aliphatic carbocycles. The van der Waals surface area contributed by atoms with Crippen LogP contribution < -0.4 is 0 Å². The van der Waals surface area contributed by atoms with E-state index in [9.17, 15) is 15.3 Å². The summed E-state index contributed by atoms with van der Waals surface area (Å²) in [6.45, 7) is 3.10. The van der Waals surface area contributed by atoms with Crippen LogP contribution in [-0.4, -0.2) is 63.8 Å². The summed E-state index contributed by atoms with van der Waals surface area (Å²) in [5.41, 5.74) is 0. The largest absolute Gasteiger partial charge is 0.391 e. The molecule has 0 aromatic carbocycles. The lowest BCUT2D eigenvalue weighted by atomic mass is 10.0. The molecule has 6 nitrogen and oxygen atoms in total. The summed E-state index contributed by atoms with van der Waals surface area (Å²) >= 11 is 0. The second-order valence-corrected chi connectivity index (χ2v) is 3.86. The van der Waals surface area contributed by atoms with Gasteiger partial charge in [-0.05, 0) is 13.8 Å². The van der Waals surface area contributed by atoms with Gasteiger partial charge in [0.15, 0.2) is 6.29 Å². The molecule has 1 heterocycles. The number of hydrogen-bond acceptors (Lipinski definition) is 6. The third-order valence-electron chi connectivity index (χ3n) is 2.31. The van der Waals surface area contributed by atoms with Crippen LogP contribution in [0.5, 0.6) is 0 Å². The average molecular weight is 222 g/mol. The maximum absolute atomic E-state index is 9.50. The predicted octanol–water partition coefficient (Wildman–Crippen LogP) is -1.79. The maximum Gasteiger partial charge on any atom is 0.186 e. The maximum atomic E-state index is 9.50. The Morgan fingerprint density at radius 3 is 2.33 bits per heavy atom. The van der Waals surface area contributed by atoms with Gasteiger partial charge in [0.25, 0.3) is 0 Å². The molecule has 0 aromatic heterocycles. The number of hydrogen-bond donors (Lipinski definition) is 4. The van der Waals surface area contributed by atoms with E-state index in [4.69, 9.17) is 14.6 Å². The molecule has 6 heteroatoms. The smallest absolute Gasteiger partial charge is 0.186 e. The Kier molecular flexibility index (Phi) is 4.45. The third kappa shape index (κ3) is 3.10. The molecule has 90 valence electrons. The van der Waals surface area contributed by atoms with Crippen molar-refractivity contribution in [2.24, 2.45) is 0 Å². The zero-order valence-electron chi connectivity index (χ0n) is 8.78. The Bertz CT molecular complexity index is 197. The van der Waals surface area contributed by atoms with E-state index in [-0.39, 0.29) is 6.61 Å². The van der Waals surface area contributed by atoms with Crippen molar-refractivity contribution in [3.05, 3.63) is 0 Å². The highest BCUT2D eigenvalue weighted by Crippen LogP contribution is 2.21. The first kappa shape index (κ1) is 12.8. The number of ether oxygens (including phenoxy) is 2. The first-order chi connectivity index (χ1) is 6.93. The number of aliphatic hydroxyl groups is 4. The number of aliphatic hydroxyl groups excluding tert-OH is 4. The monoisotopic (exact) mass is 222 g/mol. The molecular formula is C9H18O6. The normalized spacial score (nSPS) is 44.0. The van der Waals surface area contributed by atoms with E-state index in [1.807, 2.05) is 0 Å². The van der Waals surface area contributed by atoms with Crippen molar-refractivity contribution in [3.8, 4) is 0 Å². The summed E-state index contributed by atoms with van der Waals surface area (Å²) in [5, 5.41) is 37.3. The zero-order valence-corrected chi connectivity index (χ0v) is 8.78. The first-order valence-electron chi connectivity index (χ1n) is 4.92. The van der Waals surface area contributed by atoms with Gasteiger partial charge < -0.3 is 29.9 Å². The average Bonchev–Trinajstić information content (AvgIpc) is 2.18. The summed E-state index contributed by atoms with van der Waals surface area (Å²) in [5.74, 6) is 0. The molecule has 0 amide bonds. The lowest BCUT2D eigenvalue weighted by Gasteiger charge is -2.39. The molecule has 0 aromatic rings. The van der Waals surface area contributed by atoms with Crippen LogP contribution in [0.25, 0.3) is 0 Å². The van der Waals surface area contributed by atoms with Crippen LogP contribution in [0.2, 0.25) is 0 Å². The topological polar surface area (TPSA) is 99.4 Å². The van der Waals surface area contributed by atoms with E-state index < -0.39 is 36.8 Å². The molecule has 0 radical (unpaired) electrons. The summed E-state index contributed by atoms with van der Waals surface area (Å²) < 4.78 is 10.2. The molecule has 1 rings (SSSR count). The Morgan fingerprint density at radius 1 is 1.20 bits per heavy atom. The van der Waals surface area contributed by atoms with Crippen molar-refractivity contribution >= 4 is 0 Å². The van der Waals surface area contributed by atoms with Crippen molar-refractivity contribution in [1.82, 2.24) is 0 Å². The van der Waals surface area contributed by atoms with Crippen LogP contribution in [0.1, 0.15) is 13.8 Å². The molecular weight excluding hydrogens is 204 g/mol. The molecule has 1 aliphatic rings. The van der Waals surface area contributed by atoms with Crippen molar-refractivity contribution in [2.45, 2.75) is 50.7 Å². The van der Waals surface area contributed by atoms with Crippen LogP contribution >= 0.6 is 0 Å². The highest BCUT2D eigenvalue weighted by molar-refractivity contribution is 4.87. The number of rotatable bonds is 3. The van der Waals surface area contributed by atoms with Gasteiger partial charge in [-0.25, -0.2) is 0 Å². The Labute approximate surface area is 88.1 Å². The van der Waals surface area contributed by atoms with E-state index >= 15 is 0 Å². The zero-order chi connectivity index (χ0) is 11.6. The van der Waals surface area contributed by atoms with Crippen molar-refractivity contribution in [2.75, 3.05) is 6.61 Å². The quantitative estimate of drug-likeness (QED) is 0.450. The Balaban J connectivity index is 2.51. The van der Waals surface area contributed by atoms with Crippen LogP contribution in [-0.2, 0) is 9.47 Å². The molecule has 1 aliphatic heterocycles. The predicted molar refractivity (Wildman–Crippen MR) is 50.0 cm³/mol. The van der Waals surface area contributed by atoms with E-state index in [0.717, 1.165) is 0 Å². The van der Waals surface area contributed by atoms with E-state index in [0.29, 0.717) is 0 Å². The van der Waals surface area contributed by atoms with Gasteiger partial charge in [-0.15, -0.1) is 0 Å². The van der Waals surface area contributed by atoms with E-state index in [2.05, 4.69) is 0 Å². The van der Waals surface area contributed by atoms with Gasteiger partial charge in [0.05, 0.1) is 18.8 Å². The molecule has 15 heavy (non-hydrogen) atoms. The minimum absolute atomic E-state index is 0.00272. The molecule has 0 bridgehead atoms. The molecule has 1 saturated heterocycles. The van der Waals surface area contributed by atoms with Gasteiger partial charge in [-0.3, -0.25) is 0 Å². The lowest BCUT2D eigenvalue weighted by Crippen LogP contribution is -2.57. The van der Waals surface area contributed by atoms with Gasteiger partial charge in [0.2, 0.25) is 0 Å². The van der Waals surface area contributed by atoms with Gasteiger partial charge in [0.1, 0.15) is 18.3 Å². The fourth-order valence-electron chi connectivity index (χ4n) is 1.39. The molecule has 0 saturated carbocycles. The fourth-order valence-corrected chi connectivity index (χ4v) is 1.39. The van der Waals surface area contributed by atoms with Crippen LogP contribution in [0, 0.1) is 0 Å². The highest BCUT2D eigenvalue weighted by Gasteiger charge is 2.42. The van der Waals surface area contributed by atoms with Crippen molar-refractivity contribution in [1.29, 1.82) is 0 Å². The van der Waals surface area contributed by atoms with Crippen molar-refractivity contribution in [3.63, 3.8) is 0 Å². The summed E-state index contributed by atoms with van der Waals surface area (Å²) in [6, 6.07) is 0. The SMILES string of the molecule is CC(O)CO[C@H]1O[C@H](C)[C@H](O)[C@H](O)[C@H]1O. The fraction of sp³-hybridized carbons (Fsp3) is 1.00. The van der Waals surface area contributed by atoms with Gasteiger partial charge in [-0.1, -0.05) is 0 Å². The molecule has 1 fully saturated rings. The second kappa shape index (κ2) is 5.20. The Hall–Kier alpha value is -0.240. The van der Waals surface area contributed by atoms with Gasteiger partial charge in [0, 0.05) is 0 Å². The lowest BCUT2D eigenvalue weighted by molar-refractivity contribution is -0.296. The highest BCUT2D eigenvalue weighted by atomic mass is 16.7. The molecule has 6 atom stereocenters. The molecule has 4 N–H and O–H groups in total.